The summed E-state index contributed by atoms with van der Waals surface area (Å²) in [6.45, 7) is 9.67. The van der Waals surface area contributed by atoms with Crippen LogP contribution in [0.3, 0.4) is 0 Å². The Morgan fingerprint density at radius 3 is 2.85 bits per heavy atom. The molecule has 3 nitrogen and oxygen atoms in total. The molecule has 1 N–H and O–H groups in total. The Morgan fingerprint density at radius 2 is 2.20 bits per heavy atom. The second-order valence-corrected chi connectivity index (χ2v) is 6.88. The van der Waals surface area contributed by atoms with E-state index < -0.39 is 0 Å². The normalized spacial score (nSPS) is 25.9. The second-order valence-electron chi connectivity index (χ2n) is 6.88. The van der Waals surface area contributed by atoms with Gasteiger partial charge in [-0.15, -0.1) is 0 Å². The first kappa shape index (κ1) is 15.5. The van der Waals surface area contributed by atoms with Crippen LogP contribution in [0, 0.1) is 11.3 Å². The Bertz CT molecular complexity index is 405. The van der Waals surface area contributed by atoms with Crippen molar-refractivity contribution in [2.24, 2.45) is 11.3 Å². The molecule has 1 aliphatic carbocycles. The smallest absolute Gasteiger partial charge is 0.0581 e. The molecule has 112 valence electrons. The summed E-state index contributed by atoms with van der Waals surface area (Å²) in [6.07, 6.45) is 4.91. The van der Waals surface area contributed by atoms with E-state index >= 15 is 0 Å². The number of pyridine rings is 1. The zero-order chi connectivity index (χ0) is 14.6. The van der Waals surface area contributed by atoms with Crippen molar-refractivity contribution in [1.29, 1.82) is 0 Å². The molecule has 0 saturated heterocycles. The largest absolute Gasteiger partial charge is 0.393 e. The van der Waals surface area contributed by atoms with E-state index in [2.05, 4.69) is 36.7 Å². The molecule has 1 heterocycles. The van der Waals surface area contributed by atoms with E-state index in [9.17, 15) is 5.11 Å². The Hall–Kier alpha value is -0.930. The lowest BCUT2D eigenvalue weighted by atomic mass is 9.70. The molecule has 20 heavy (non-hydrogen) atoms. The molecule has 2 unspecified atom stereocenters. The molecular formula is C17H28N2O. The minimum atomic E-state index is -0.138. The number of aliphatic hydroxyl groups excluding tert-OH is 1. The average molecular weight is 276 g/mol. The van der Waals surface area contributed by atoms with Gasteiger partial charge in [0.05, 0.1) is 11.8 Å². The molecule has 3 heteroatoms. The van der Waals surface area contributed by atoms with E-state index in [4.69, 9.17) is 0 Å². The van der Waals surface area contributed by atoms with Crippen molar-refractivity contribution in [2.45, 2.75) is 52.7 Å². The molecule has 0 aliphatic heterocycles. The van der Waals surface area contributed by atoms with E-state index in [0.717, 1.165) is 44.6 Å². The summed E-state index contributed by atoms with van der Waals surface area (Å²) in [5.74, 6) is 0.391. The molecule has 0 bridgehead atoms. The van der Waals surface area contributed by atoms with Crippen LogP contribution in [0.5, 0.6) is 0 Å². The van der Waals surface area contributed by atoms with E-state index in [1.165, 1.54) is 0 Å². The molecule has 0 aromatic carbocycles. The van der Waals surface area contributed by atoms with Gasteiger partial charge >= 0.3 is 0 Å². The molecular weight excluding hydrogens is 248 g/mol. The van der Waals surface area contributed by atoms with Crippen molar-refractivity contribution in [3.63, 3.8) is 0 Å². The molecule has 1 fully saturated rings. The number of nitrogens with zero attached hydrogens (tertiary/aromatic N) is 2. The first-order chi connectivity index (χ1) is 9.50. The average Bonchev–Trinajstić information content (AvgIpc) is 2.43. The maximum atomic E-state index is 10.3. The Morgan fingerprint density at radius 1 is 1.40 bits per heavy atom. The standard InChI is InChI=1S/C17H28N2O/c1-4-19(13-15-7-5-6-10-18-15)12-14-11-17(2,3)9-8-16(14)20/h5-7,10,14,16,20H,4,8-9,11-13H2,1-3H3. The summed E-state index contributed by atoms with van der Waals surface area (Å²) in [7, 11) is 0. The highest BCUT2D eigenvalue weighted by atomic mass is 16.3. The van der Waals surface area contributed by atoms with Crippen LogP contribution in [0.25, 0.3) is 0 Å². The van der Waals surface area contributed by atoms with Crippen LogP contribution in [-0.2, 0) is 6.54 Å². The SMILES string of the molecule is CCN(Cc1ccccn1)CC1CC(C)(C)CCC1O. The maximum absolute atomic E-state index is 10.3. The van der Waals surface area contributed by atoms with Crippen molar-refractivity contribution in [1.82, 2.24) is 9.88 Å². The summed E-state index contributed by atoms with van der Waals surface area (Å²) in [4.78, 5) is 6.80. The summed E-state index contributed by atoms with van der Waals surface area (Å²) in [5, 5.41) is 10.3. The summed E-state index contributed by atoms with van der Waals surface area (Å²) in [5.41, 5.74) is 1.48. The molecule has 0 amide bonds. The number of aromatic nitrogens is 1. The van der Waals surface area contributed by atoms with Crippen LogP contribution < -0.4 is 0 Å². The summed E-state index contributed by atoms with van der Waals surface area (Å²) in [6, 6.07) is 6.06. The van der Waals surface area contributed by atoms with Crippen molar-refractivity contribution >= 4 is 0 Å². The maximum Gasteiger partial charge on any atom is 0.0581 e. The van der Waals surface area contributed by atoms with Crippen LogP contribution in [-0.4, -0.2) is 34.2 Å². The van der Waals surface area contributed by atoms with Crippen molar-refractivity contribution in [2.75, 3.05) is 13.1 Å². The topological polar surface area (TPSA) is 36.4 Å². The van der Waals surface area contributed by atoms with Gasteiger partial charge in [0.2, 0.25) is 0 Å². The molecule has 1 aromatic heterocycles. The number of hydrogen-bond acceptors (Lipinski definition) is 3. The summed E-state index contributed by atoms with van der Waals surface area (Å²) < 4.78 is 0. The van der Waals surface area contributed by atoms with Gasteiger partial charge in [-0.05, 0) is 49.3 Å². The van der Waals surface area contributed by atoms with Crippen LogP contribution in [0.2, 0.25) is 0 Å². The Balaban J connectivity index is 1.95. The van der Waals surface area contributed by atoms with E-state index in [0.29, 0.717) is 11.3 Å². The fraction of sp³-hybridized carbons (Fsp3) is 0.706. The highest BCUT2D eigenvalue weighted by Crippen LogP contribution is 2.39. The van der Waals surface area contributed by atoms with Gasteiger partial charge in [-0.25, -0.2) is 0 Å². The fourth-order valence-electron chi connectivity index (χ4n) is 3.27. The number of aliphatic hydroxyl groups is 1. The zero-order valence-corrected chi connectivity index (χ0v) is 13.0. The van der Waals surface area contributed by atoms with E-state index in [1.807, 2.05) is 18.3 Å². The molecule has 2 atom stereocenters. The second kappa shape index (κ2) is 6.68. The Labute approximate surface area is 123 Å². The minimum Gasteiger partial charge on any atom is -0.393 e. The number of rotatable bonds is 5. The minimum absolute atomic E-state index is 0.138. The van der Waals surface area contributed by atoms with E-state index in [1.54, 1.807) is 0 Å². The molecule has 0 radical (unpaired) electrons. The van der Waals surface area contributed by atoms with E-state index in [-0.39, 0.29) is 6.10 Å². The van der Waals surface area contributed by atoms with Gasteiger partial charge in [0.1, 0.15) is 0 Å². The predicted octanol–water partition coefficient (Wildman–Crippen LogP) is 3.09. The molecule has 2 rings (SSSR count). The lowest BCUT2D eigenvalue weighted by molar-refractivity contribution is 0.00356. The zero-order valence-electron chi connectivity index (χ0n) is 13.0. The van der Waals surface area contributed by atoms with Gasteiger partial charge in [0.15, 0.2) is 0 Å². The van der Waals surface area contributed by atoms with Crippen molar-refractivity contribution in [3.05, 3.63) is 30.1 Å². The molecule has 1 saturated carbocycles. The first-order valence-electron chi connectivity index (χ1n) is 7.80. The Kier molecular flexibility index (Phi) is 5.17. The van der Waals surface area contributed by atoms with Gasteiger partial charge in [0.25, 0.3) is 0 Å². The molecule has 1 aromatic rings. The van der Waals surface area contributed by atoms with Gasteiger partial charge < -0.3 is 5.11 Å². The quantitative estimate of drug-likeness (QED) is 0.898. The third-order valence-corrected chi connectivity index (χ3v) is 4.53. The van der Waals surface area contributed by atoms with Gasteiger partial charge in [-0.2, -0.15) is 0 Å². The predicted molar refractivity (Wildman–Crippen MR) is 82.3 cm³/mol. The van der Waals surface area contributed by atoms with Crippen LogP contribution >= 0.6 is 0 Å². The number of hydrogen-bond donors (Lipinski definition) is 1. The molecule has 0 spiro atoms. The van der Waals surface area contributed by atoms with Gasteiger partial charge in [-0.1, -0.05) is 26.8 Å². The van der Waals surface area contributed by atoms with Crippen molar-refractivity contribution < 1.29 is 5.11 Å². The van der Waals surface area contributed by atoms with Crippen LogP contribution in [0.4, 0.5) is 0 Å². The summed E-state index contributed by atoms with van der Waals surface area (Å²) >= 11 is 0. The fourth-order valence-corrected chi connectivity index (χ4v) is 3.27. The third kappa shape index (κ3) is 4.29. The first-order valence-corrected chi connectivity index (χ1v) is 7.80. The molecule has 1 aliphatic rings. The highest BCUT2D eigenvalue weighted by Gasteiger charge is 2.34. The highest BCUT2D eigenvalue weighted by molar-refractivity contribution is 5.03. The van der Waals surface area contributed by atoms with Crippen LogP contribution in [0.1, 0.15) is 45.7 Å². The van der Waals surface area contributed by atoms with Crippen molar-refractivity contribution in [3.8, 4) is 0 Å². The monoisotopic (exact) mass is 276 g/mol. The van der Waals surface area contributed by atoms with Gasteiger partial charge in [0, 0.05) is 19.3 Å². The van der Waals surface area contributed by atoms with Crippen LogP contribution in [0.15, 0.2) is 24.4 Å². The lowest BCUT2D eigenvalue weighted by Gasteiger charge is -2.40. The van der Waals surface area contributed by atoms with Gasteiger partial charge in [-0.3, -0.25) is 9.88 Å². The third-order valence-electron chi connectivity index (χ3n) is 4.53. The lowest BCUT2D eigenvalue weighted by Crippen LogP contribution is -2.41.